The monoisotopic (exact) mass is 316 g/mol. The number of aromatic nitrogens is 1. The van der Waals surface area contributed by atoms with Crippen LogP contribution >= 0.6 is 0 Å². The molecule has 2 aromatic rings. The lowest BCUT2D eigenvalue weighted by atomic mass is 10.1. The highest BCUT2D eigenvalue weighted by atomic mass is 16.4. The summed E-state index contributed by atoms with van der Waals surface area (Å²) in [5.41, 5.74) is 2.17. The minimum atomic E-state index is -0.0413. The highest BCUT2D eigenvalue weighted by molar-refractivity contribution is 5.76. The van der Waals surface area contributed by atoms with E-state index >= 15 is 0 Å². The predicted molar refractivity (Wildman–Crippen MR) is 88.9 cm³/mol. The average molecular weight is 316 g/mol. The molecule has 1 aromatic heterocycles. The van der Waals surface area contributed by atoms with Crippen LogP contribution in [0, 0.1) is 6.92 Å². The van der Waals surface area contributed by atoms with Gasteiger partial charge in [-0.05, 0) is 19.8 Å². The third kappa shape index (κ3) is 5.21. The standard InChI is InChI=1S/C18H24N2O3/c1-3-15(10-11-21)20-17(22)8-9-18-19-12-16(23-18)14-6-4-13(2)5-7-14/h4-7,12,15,21H,3,8-11H2,1-2H3,(H,20,22). The SMILES string of the molecule is CCC(CCO)NC(=O)CCc1ncc(-c2ccc(C)cc2)o1. The Bertz CT molecular complexity index is 619. The van der Waals surface area contributed by atoms with Crippen LogP contribution in [0.3, 0.4) is 0 Å². The van der Waals surface area contributed by atoms with Crippen LogP contribution in [-0.4, -0.2) is 28.6 Å². The summed E-state index contributed by atoms with van der Waals surface area (Å²) >= 11 is 0. The maximum absolute atomic E-state index is 11.9. The van der Waals surface area contributed by atoms with Gasteiger partial charge in [-0.3, -0.25) is 4.79 Å². The van der Waals surface area contributed by atoms with Crippen molar-refractivity contribution in [3.63, 3.8) is 0 Å². The Kier molecular flexibility index (Phi) is 6.35. The first-order chi connectivity index (χ1) is 11.1. The number of rotatable bonds is 8. The fourth-order valence-corrected chi connectivity index (χ4v) is 2.33. The molecule has 1 heterocycles. The van der Waals surface area contributed by atoms with E-state index in [2.05, 4.69) is 10.3 Å². The smallest absolute Gasteiger partial charge is 0.220 e. The summed E-state index contributed by atoms with van der Waals surface area (Å²) < 4.78 is 5.71. The summed E-state index contributed by atoms with van der Waals surface area (Å²) in [6.07, 6.45) is 3.88. The van der Waals surface area contributed by atoms with E-state index in [4.69, 9.17) is 9.52 Å². The zero-order chi connectivity index (χ0) is 16.7. The van der Waals surface area contributed by atoms with E-state index in [0.717, 1.165) is 12.0 Å². The number of carbonyl (C=O) groups excluding carboxylic acids is 1. The van der Waals surface area contributed by atoms with Crippen LogP contribution in [0.4, 0.5) is 0 Å². The lowest BCUT2D eigenvalue weighted by Gasteiger charge is -2.15. The van der Waals surface area contributed by atoms with Gasteiger partial charge in [0.15, 0.2) is 11.7 Å². The molecule has 124 valence electrons. The van der Waals surface area contributed by atoms with Crippen LogP contribution in [0.15, 0.2) is 34.9 Å². The van der Waals surface area contributed by atoms with Crippen LogP contribution < -0.4 is 5.32 Å². The third-order valence-corrected chi connectivity index (χ3v) is 3.79. The zero-order valence-corrected chi connectivity index (χ0v) is 13.7. The van der Waals surface area contributed by atoms with Gasteiger partial charge in [0.05, 0.1) is 6.20 Å². The molecule has 0 bridgehead atoms. The fraction of sp³-hybridized carbons (Fsp3) is 0.444. The molecule has 5 nitrogen and oxygen atoms in total. The molecule has 1 unspecified atom stereocenters. The molecule has 0 fully saturated rings. The van der Waals surface area contributed by atoms with Gasteiger partial charge in [-0.1, -0.05) is 36.8 Å². The van der Waals surface area contributed by atoms with Crippen molar-refractivity contribution in [2.75, 3.05) is 6.61 Å². The molecule has 0 aliphatic heterocycles. The topological polar surface area (TPSA) is 75.4 Å². The van der Waals surface area contributed by atoms with Gasteiger partial charge in [-0.15, -0.1) is 0 Å². The van der Waals surface area contributed by atoms with Gasteiger partial charge in [0.1, 0.15) is 0 Å². The highest BCUT2D eigenvalue weighted by Gasteiger charge is 2.12. The molecule has 1 aromatic carbocycles. The molecule has 0 radical (unpaired) electrons. The molecular weight excluding hydrogens is 292 g/mol. The van der Waals surface area contributed by atoms with Crippen molar-refractivity contribution in [3.05, 3.63) is 41.9 Å². The number of carbonyl (C=O) groups is 1. The molecule has 0 spiro atoms. The average Bonchev–Trinajstić information content (AvgIpc) is 3.02. The van der Waals surface area contributed by atoms with E-state index in [-0.39, 0.29) is 18.6 Å². The number of amides is 1. The molecular formula is C18H24N2O3. The predicted octanol–water partition coefficient (Wildman–Crippen LogP) is 2.86. The molecule has 5 heteroatoms. The second kappa shape index (κ2) is 8.48. The summed E-state index contributed by atoms with van der Waals surface area (Å²) in [4.78, 5) is 16.1. The zero-order valence-electron chi connectivity index (χ0n) is 13.7. The second-order valence-electron chi connectivity index (χ2n) is 5.67. The van der Waals surface area contributed by atoms with E-state index < -0.39 is 0 Å². The van der Waals surface area contributed by atoms with Crippen molar-refractivity contribution in [1.29, 1.82) is 0 Å². The summed E-state index contributed by atoms with van der Waals surface area (Å²) in [6, 6.07) is 8.06. The number of nitrogens with zero attached hydrogens (tertiary/aromatic N) is 1. The molecule has 2 rings (SSSR count). The first kappa shape index (κ1) is 17.2. The maximum Gasteiger partial charge on any atom is 0.220 e. The first-order valence-corrected chi connectivity index (χ1v) is 8.04. The number of aliphatic hydroxyl groups excluding tert-OH is 1. The minimum absolute atomic E-state index is 0.0279. The first-order valence-electron chi connectivity index (χ1n) is 8.04. The van der Waals surface area contributed by atoms with Crippen molar-refractivity contribution < 1.29 is 14.3 Å². The number of oxazole rings is 1. The molecule has 23 heavy (non-hydrogen) atoms. The van der Waals surface area contributed by atoms with Crippen LogP contribution in [0.25, 0.3) is 11.3 Å². The second-order valence-corrected chi connectivity index (χ2v) is 5.67. The molecule has 0 aliphatic rings. The lowest BCUT2D eigenvalue weighted by molar-refractivity contribution is -0.121. The Balaban J connectivity index is 1.87. The van der Waals surface area contributed by atoms with Gasteiger partial charge >= 0.3 is 0 Å². The van der Waals surface area contributed by atoms with Gasteiger partial charge in [-0.25, -0.2) is 4.98 Å². The molecule has 0 saturated carbocycles. The van der Waals surface area contributed by atoms with Crippen molar-refractivity contribution in [3.8, 4) is 11.3 Å². The minimum Gasteiger partial charge on any atom is -0.441 e. The van der Waals surface area contributed by atoms with Gasteiger partial charge in [0.2, 0.25) is 5.91 Å². The van der Waals surface area contributed by atoms with Crippen molar-refractivity contribution in [2.24, 2.45) is 0 Å². The number of hydrogen-bond acceptors (Lipinski definition) is 4. The Morgan fingerprint density at radius 3 is 2.74 bits per heavy atom. The van der Waals surface area contributed by atoms with Crippen LogP contribution in [0.2, 0.25) is 0 Å². The highest BCUT2D eigenvalue weighted by Crippen LogP contribution is 2.21. The Labute approximate surface area is 136 Å². The Morgan fingerprint density at radius 1 is 1.35 bits per heavy atom. The van der Waals surface area contributed by atoms with Gasteiger partial charge in [-0.2, -0.15) is 0 Å². The molecule has 1 atom stereocenters. The van der Waals surface area contributed by atoms with Crippen molar-refractivity contribution >= 4 is 5.91 Å². The molecule has 2 N–H and O–H groups in total. The number of benzene rings is 1. The Hall–Kier alpha value is -2.14. The van der Waals surface area contributed by atoms with Crippen LogP contribution in [0.1, 0.15) is 37.6 Å². The number of nitrogens with one attached hydrogen (secondary N) is 1. The number of aryl methyl sites for hydroxylation is 2. The van der Waals surface area contributed by atoms with Gasteiger partial charge < -0.3 is 14.8 Å². The normalized spacial score (nSPS) is 12.1. The summed E-state index contributed by atoms with van der Waals surface area (Å²) in [5, 5.41) is 11.9. The number of aliphatic hydroxyl groups is 1. The lowest BCUT2D eigenvalue weighted by Crippen LogP contribution is -2.35. The van der Waals surface area contributed by atoms with E-state index in [1.807, 2.05) is 38.1 Å². The third-order valence-electron chi connectivity index (χ3n) is 3.79. The van der Waals surface area contributed by atoms with Crippen LogP contribution in [0.5, 0.6) is 0 Å². The van der Waals surface area contributed by atoms with E-state index in [0.29, 0.717) is 30.9 Å². The van der Waals surface area contributed by atoms with Gasteiger partial charge in [0, 0.05) is 31.1 Å². The molecule has 1 amide bonds. The quantitative estimate of drug-likeness (QED) is 0.785. The van der Waals surface area contributed by atoms with E-state index in [1.165, 1.54) is 5.56 Å². The number of hydrogen-bond donors (Lipinski definition) is 2. The van der Waals surface area contributed by atoms with E-state index in [9.17, 15) is 4.79 Å². The summed E-state index contributed by atoms with van der Waals surface area (Å²) in [5.74, 6) is 1.23. The van der Waals surface area contributed by atoms with Gasteiger partial charge in [0.25, 0.3) is 0 Å². The molecule has 0 aliphatic carbocycles. The molecule has 0 saturated heterocycles. The van der Waals surface area contributed by atoms with Crippen molar-refractivity contribution in [1.82, 2.24) is 10.3 Å². The summed E-state index contributed by atoms with van der Waals surface area (Å²) in [6.45, 7) is 4.11. The summed E-state index contributed by atoms with van der Waals surface area (Å²) in [7, 11) is 0. The Morgan fingerprint density at radius 2 is 2.09 bits per heavy atom. The van der Waals surface area contributed by atoms with Crippen molar-refractivity contribution in [2.45, 2.75) is 45.6 Å². The largest absolute Gasteiger partial charge is 0.441 e. The fourth-order valence-electron chi connectivity index (χ4n) is 2.33. The van der Waals surface area contributed by atoms with Crippen LogP contribution in [-0.2, 0) is 11.2 Å². The maximum atomic E-state index is 11.9. The van der Waals surface area contributed by atoms with E-state index in [1.54, 1.807) is 6.20 Å².